The zero-order chi connectivity index (χ0) is 11.2. The Morgan fingerprint density at radius 3 is 2.43 bits per heavy atom. The Balaban J connectivity index is 3.98. The lowest BCUT2D eigenvalue weighted by atomic mass is 10.0. The molecule has 3 nitrogen and oxygen atoms in total. The molecule has 6 heteroatoms. The molecule has 0 fully saturated rings. The number of hydrogen-bond donors (Lipinski definition) is 1. The molecule has 2 atom stereocenters. The maximum atomic E-state index is 11.8. The first-order valence-corrected chi connectivity index (χ1v) is 4.09. The molecule has 1 N–H and O–H groups in total. The summed E-state index contributed by atoms with van der Waals surface area (Å²) < 4.78 is 40.1. The first-order chi connectivity index (χ1) is 6.40. The Labute approximate surface area is 80.8 Å². The van der Waals surface area contributed by atoms with Gasteiger partial charge in [0.05, 0.1) is 19.2 Å². The maximum absolute atomic E-state index is 11.8. The van der Waals surface area contributed by atoms with E-state index in [-0.39, 0.29) is 12.5 Å². The summed E-state index contributed by atoms with van der Waals surface area (Å²) in [6.07, 6.45) is -4.29. The first-order valence-electron chi connectivity index (χ1n) is 4.09. The van der Waals surface area contributed by atoms with Gasteiger partial charge in [-0.05, 0) is 0 Å². The summed E-state index contributed by atoms with van der Waals surface area (Å²) in [7, 11) is 1.44. The molecular formula is C8H13F3N2O. The summed E-state index contributed by atoms with van der Waals surface area (Å²) in [6, 6.07) is 0.932. The molecule has 0 radical (unpaired) electrons. The fraction of sp³-hybridized carbons (Fsp3) is 0.875. The van der Waals surface area contributed by atoms with Crippen molar-refractivity contribution in [3.8, 4) is 6.07 Å². The molecular weight excluding hydrogens is 197 g/mol. The monoisotopic (exact) mass is 210 g/mol. The highest BCUT2D eigenvalue weighted by atomic mass is 19.4. The highest BCUT2D eigenvalue weighted by Crippen LogP contribution is 2.13. The van der Waals surface area contributed by atoms with E-state index in [2.05, 4.69) is 5.32 Å². The lowest BCUT2D eigenvalue weighted by Gasteiger charge is -2.18. The van der Waals surface area contributed by atoms with Crippen LogP contribution in [0.5, 0.6) is 0 Å². The Bertz CT molecular complexity index is 200. The van der Waals surface area contributed by atoms with E-state index in [1.165, 1.54) is 7.11 Å². The van der Waals surface area contributed by atoms with E-state index >= 15 is 0 Å². The molecule has 0 rings (SSSR count). The van der Waals surface area contributed by atoms with Gasteiger partial charge in [0.2, 0.25) is 0 Å². The van der Waals surface area contributed by atoms with Crippen molar-refractivity contribution in [3.63, 3.8) is 0 Å². The second kappa shape index (κ2) is 5.83. The lowest BCUT2D eigenvalue weighted by Crippen LogP contribution is -2.41. The summed E-state index contributed by atoms with van der Waals surface area (Å²) in [5.41, 5.74) is 0. The smallest absolute Gasteiger partial charge is 0.384 e. The minimum absolute atomic E-state index is 0.253. The molecule has 0 aromatic rings. The third kappa shape index (κ3) is 5.78. The zero-order valence-corrected chi connectivity index (χ0v) is 8.06. The van der Waals surface area contributed by atoms with E-state index in [4.69, 9.17) is 10.00 Å². The number of nitriles is 1. The van der Waals surface area contributed by atoms with Gasteiger partial charge in [-0.3, -0.25) is 5.32 Å². The van der Waals surface area contributed by atoms with Crippen molar-refractivity contribution in [2.24, 2.45) is 5.92 Å². The lowest BCUT2D eigenvalue weighted by molar-refractivity contribution is -0.126. The Hall–Kier alpha value is -0.800. The van der Waals surface area contributed by atoms with Crippen LogP contribution >= 0.6 is 0 Å². The number of nitrogens with one attached hydrogen (secondary N) is 1. The van der Waals surface area contributed by atoms with E-state index in [9.17, 15) is 13.2 Å². The number of alkyl halides is 3. The van der Waals surface area contributed by atoms with Gasteiger partial charge < -0.3 is 4.74 Å². The average molecular weight is 210 g/mol. The minimum atomic E-state index is -4.29. The second-order valence-electron chi connectivity index (χ2n) is 3.04. The number of nitrogens with zero attached hydrogens (tertiary/aromatic N) is 1. The van der Waals surface area contributed by atoms with Gasteiger partial charge in [-0.25, -0.2) is 0 Å². The topological polar surface area (TPSA) is 45.0 Å². The van der Waals surface area contributed by atoms with Gasteiger partial charge in [0.15, 0.2) is 0 Å². The van der Waals surface area contributed by atoms with Gasteiger partial charge in [-0.15, -0.1) is 0 Å². The molecule has 0 aromatic carbocycles. The summed E-state index contributed by atoms with van der Waals surface area (Å²) in [6.45, 7) is 0.753. The molecule has 0 aliphatic carbocycles. The first kappa shape index (κ1) is 13.2. The van der Waals surface area contributed by atoms with Crippen LogP contribution in [0.25, 0.3) is 0 Å². The van der Waals surface area contributed by atoms with Gasteiger partial charge >= 0.3 is 6.18 Å². The molecule has 0 aromatic heterocycles. The summed E-state index contributed by atoms with van der Waals surface area (Å²) in [5.74, 6) is -0.271. The molecule has 0 heterocycles. The van der Waals surface area contributed by atoms with E-state index in [1.54, 1.807) is 13.0 Å². The van der Waals surface area contributed by atoms with Gasteiger partial charge in [0, 0.05) is 13.0 Å². The minimum Gasteiger partial charge on any atom is -0.384 e. The normalized spacial score (nSPS) is 16.0. The van der Waals surface area contributed by atoms with Crippen LogP contribution in [0.15, 0.2) is 0 Å². The SMILES string of the molecule is COCC(C)C(C#N)NCC(F)(F)F. The molecule has 82 valence electrons. The highest BCUT2D eigenvalue weighted by molar-refractivity contribution is 4.93. The summed E-state index contributed by atoms with van der Waals surface area (Å²) >= 11 is 0. The molecule has 0 amide bonds. The number of rotatable bonds is 5. The number of ether oxygens (including phenoxy) is 1. The van der Waals surface area contributed by atoms with Crippen LogP contribution in [0.4, 0.5) is 13.2 Å². The number of hydrogen-bond acceptors (Lipinski definition) is 3. The third-order valence-corrected chi connectivity index (χ3v) is 1.66. The van der Waals surface area contributed by atoms with Crippen LogP contribution in [0, 0.1) is 17.2 Å². The van der Waals surface area contributed by atoms with Crippen LogP contribution in [0.1, 0.15) is 6.92 Å². The largest absolute Gasteiger partial charge is 0.401 e. The van der Waals surface area contributed by atoms with Crippen molar-refractivity contribution >= 4 is 0 Å². The molecule has 0 bridgehead atoms. The maximum Gasteiger partial charge on any atom is 0.401 e. The van der Waals surface area contributed by atoms with Crippen molar-refractivity contribution in [1.82, 2.24) is 5.32 Å². The van der Waals surface area contributed by atoms with Crippen LogP contribution in [0.3, 0.4) is 0 Å². The predicted molar refractivity (Wildman–Crippen MR) is 44.5 cm³/mol. The fourth-order valence-corrected chi connectivity index (χ4v) is 0.959. The van der Waals surface area contributed by atoms with Crippen molar-refractivity contribution in [1.29, 1.82) is 5.26 Å². The highest BCUT2D eigenvalue weighted by Gasteiger charge is 2.29. The second-order valence-corrected chi connectivity index (χ2v) is 3.04. The van der Waals surface area contributed by atoms with E-state index in [0.717, 1.165) is 0 Å². The van der Waals surface area contributed by atoms with Crippen LogP contribution < -0.4 is 5.32 Å². The summed E-state index contributed by atoms with van der Waals surface area (Å²) in [4.78, 5) is 0. The van der Waals surface area contributed by atoms with Crippen molar-refractivity contribution in [2.45, 2.75) is 19.1 Å². The Kier molecular flexibility index (Phi) is 5.50. The van der Waals surface area contributed by atoms with Gasteiger partial charge in [0.1, 0.15) is 6.04 Å². The molecule has 2 unspecified atom stereocenters. The molecule has 0 saturated heterocycles. The molecule has 0 aliphatic heterocycles. The third-order valence-electron chi connectivity index (χ3n) is 1.66. The predicted octanol–water partition coefficient (Wildman–Crippen LogP) is 1.31. The van der Waals surface area contributed by atoms with Crippen molar-refractivity contribution in [3.05, 3.63) is 0 Å². The van der Waals surface area contributed by atoms with Crippen LogP contribution in [0.2, 0.25) is 0 Å². The standard InChI is InChI=1S/C8H13F3N2O/c1-6(4-14-2)7(3-12)13-5-8(9,10)11/h6-7,13H,4-5H2,1-2H3. The zero-order valence-electron chi connectivity index (χ0n) is 8.06. The number of halogens is 3. The quantitative estimate of drug-likeness (QED) is 0.744. The van der Waals surface area contributed by atoms with Gasteiger partial charge in [-0.1, -0.05) is 6.92 Å². The van der Waals surface area contributed by atoms with Crippen LogP contribution in [-0.2, 0) is 4.74 Å². The van der Waals surface area contributed by atoms with Gasteiger partial charge in [-0.2, -0.15) is 18.4 Å². The molecule has 14 heavy (non-hydrogen) atoms. The van der Waals surface area contributed by atoms with Crippen molar-refractivity contribution in [2.75, 3.05) is 20.3 Å². The average Bonchev–Trinajstić information content (AvgIpc) is 2.03. The molecule has 0 aliphatic rings. The van der Waals surface area contributed by atoms with E-state index < -0.39 is 18.8 Å². The number of methoxy groups -OCH3 is 1. The van der Waals surface area contributed by atoms with E-state index in [0.29, 0.717) is 0 Å². The van der Waals surface area contributed by atoms with E-state index in [1.807, 2.05) is 0 Å². The molecule has 0 saturated carbocycles. The molecule has 0 spiro atoms. The fourth-order valence-electron chi connectivity index (χ4n) is 0.959. The van der Waals surface area contributed by atoms with Crippen molar-refractivity contribution < 1.29 is 17.9 Å². The summed E-state index contributed by atoms with van der Waals surface area (Å²) in [5, 5.41) is 10.7. The van der Waals surface area contributed by atoms with Gasteiger partial charge in [0.25, 0.3) is 0 Å². The Morgan fingerprint density at radius 2 is 2.07 bits per heavy atom. The van der Waals surface area contributed by atoms with Crippen LogP contribution in [-0.4, -0.2) is 32.5 Å². The Morgan fingerprint density at radius 1 is 1.50 bits per heavy atom.